The summed E-state index contributed by atoms with van der Waals surface area (Å²) >= 11 is 0. The molecule has 0 amide bonds. The summed E-state index contributed by atoms with van der Waals surface area (Å²) in [5, 5.41) is 23.5. The van der Waals surface area contributed by atoms with Gasteiger partial charge in [-0.25, -0.2) is 0 Å². The number of hydrogen-bond donors (Lipinski definition) is 0. The average molecular weight is 563 g/mol. The van der Waals surface area contributed by atoms with Gasteiger partial charge >= 0.3 is 17.1 Å². The van der Waals surface area contributed by atoms with Crippen molar-refractivity contribution in [1.82, 2.24) is 9.80 Å². The Kier molecular flexibility index (Phi) is 16.7. The number of benzene rings is 4. The molecule has 0 aliphatic carbocycles. The third-order valence-corrected chi connectivity index (χ3v) is 5.31. The van der Waals surface area contributed by atoms with E-state index in [1.165, 1.54) is 0 Å². The van der Waals surface area contributed by atoms with Crippen LogP contribution < -0.4 is 10.2 Å². The first-order chi connectivity index (χ1) is 18.3. The van der Waals surface area contributed by atoms with Gasteiger partial charge in [0.15, 0.2) is 0 Å². The van der Waals surface area contributed by atoms with Gasteiger partial charge in [-0.15, -0.1) is 11.5 Å². The average Bonchev–Trinajstić information content (AvgIpc) is 2.95. The summed E-state index contributed by atoms with van der Waals surface area (Å²) in [6.45, 7) is 2.29. The third kappa shape index (κ3) is 14.8. The molecule has 0 saturated carbocycles. The number of likely N-dealkylation sites (N-methyl/N-ethyl adjacent to an activating group) is 2. The van der Waals surface area contributed by atoms with E-state index in [9.17, 15) is 10.2 Å². The molecule has 0 spiro atoms. The van der Waals surface area contributed by atoms with Gasteiger partial charge < -0.3 is 20.0 Å². The van der Waals surface area contributed by atoms with Crippen molar-refractivity contribution in [3.05, 3.63) is 144 Å². The topological polar surface area (TPSA) is 52.6 Å². The summed E-state index contributed by atoms with van der Waals surface area (Å²) in [6.07, 6.45) is 3.30. The third-order valence-electron chi connectivity index (χ3n) is 5.31. The van der Waals surface area contributed by atoms with Crippen LogP contribution in [0.5, 0.6) is 0 Å². The predicted octanol–water partition coefficient (Wildman–Crippen LogP) is 5.20. The van der Waals surface area contributed by atoms with Gasteiger partial charge in [-0.3, -0.25) is 0 Å². The quantitative estimate of drug-likeness (QED) is 0.177. The molecule has 0 atom stereocenters. The van der Waals surface area contributed by atoms with E-state index in [0.717, 1.165) is 35.3 Å². The number of rotatable bonds is 7. The van der Waals surface area contributed by atoms with Crippen molar-refractivity contribution in [2.45, 2.75) is 0 Å². The molecule has 0 fully saturated rings. The van der Waals surface area contributed by atoms with Crippen LogP contribution in [0.3, 0.4) is 0 Å². The largest absolute Gasteiger partial charge is 4.00 e. The van der Waals surface area contributed by atoms with E-state index in [1.54, 1.807) is 12.2 Å². The SMILES string of the molecule is CN(C)CCN(C)C.[Fe+4].[O-]/C(=C\c1ccccc1)c1ccccc1.[O-]/C(=C\c1ccccc1)c1ccccc1. The van der Waals surface area contributed by atoms with Crippen molar-refractivity contribution < 1.29 is 27.3 Å². The van der Waals surface area contributed by atoms with Crippen LogP contribution in [0.15, 0.2) is 121 Å². The Morgan fingerprint density at radius 2 is 0.744 bits per heavy atom. The van der Waals surface area contributed by atoms with Crippen molar-refractivity contribution in [3.8, 4) is 0 Å². The Balaban J connectivity index is 0.000000304. The van der Waals surface area contributed by atoms with E-state index < -0.39 is 0 Å². The molecule has 4 nitrogen and oxygen atoms in total. The van der Waals surface area contributed by atoms with Crippen LogP contribution in [-0.4, -0.2) is 51.1 Å². The molecule has 4 rings (SSSR count). The minimum atomic E-state index is 0. The van der Waals surface area contributed by atoms with Gasteiger partial charge in [0.05, 0.1) is 0 Å². The summed E-state index contributed by atoms with van der Waals surface area (Å²) in [7, 11) is 8.35. The van der Waals surface area contributed by atoms with Crippen LogP contribution in [0.25, 0.3) is 23.7 Å². The van der Waals surface area contributed by atoms with E-state index in [-0.39, 0.29) is 28.6 Å². The van der Waals surface area contributed by atoms with Crippen LogP contribution >= 0.6 is 0 Å². The molecule has 5 heteroatoms. The van der Waals surface area contributed by atoms with Gasteiger partial charge in [0, 0.05) is 13.1 Å². The number of nitrogens with zero attached hydrogens (tertiary/aromatic N) is 2. The summed E-state index contributed by atoms with van der Waals surface area (Å²) in [5.41, 5.74) is 3.32. The number of hydrogen-bond acceptors (Lipinski definition) is 4. The minimum absolute atomic E-state index is 0. The monoisotopic (exact) mass is 562 g/mol. The van der Waals surface area contributed by atoms with Gasteiger partial charge in [0.25, 0.3) is 0 Å². The summed E-state index contributed by atoms with van der Waals surface area (Å²) in [6, 6.07) is 37.8. The molecule has 0 aliphatic heterocycles. The first kappa shape index (κ1) is 33.4. The van der Waals surface area contributed by atoms with E-state index in [2.05, 4.69) is 38.0 Å². The molecule has 0 unspecified atom stereocenters. The van der Waals surface area contributed by atoms with E-state index >= 15 is 0 Å². The molecule has 0 bridgehead atoms. The van der Waals surface area contributed by atoms with Gasteiger partial charge in [-0.2, -0.15) is 0 Å². The van der Waals surface area contributed by atoms with Crippen molar-refractivity contribution in [1.29, 1.82) is 0 Å². The van der Waals surface area contributed by atoms with Crippen LogP contribution in [0.4, 0.5) is 0 Å². The molecule has 0 heterocycles. The van der Waals surface area contributed by atoms with Crippen molar-refractivity contribution >= 4 is 23.7 Å². The minimum Gasteiger partial charge on any atom is -0.872 e. The zero-order chi connectivity index (χ0) is 27.6. The smallest absolute Gasteiger partial charge is 0.872 e. The Morgan fingerprint density at radius 3 is 1.00 bits per heavy atom. The second kappa shape index (κ2) is 19.5. The van der Waals surface area contributed by atoms with Crippen LogP contribution in [0.1, 0.15) is 22.3 Å². The fourth-order valence-electron chi connectivity index (χ4n) is 3.17. The predicted molar refractivity (Wildman–Crippen MR) is 159 cm³/mol. The second-order valence-electron chi connectivity index (χ2n) is 9.18. The fraction of sp³-hybridized carbons (Fsp3) is 0.176. The zero-order valence-corrected chi connectivity index (χ0v) is 24.3. The molecule has 202 valence electrons. The van der Waals surface area contributed by atoms with Gasteiger partial charge in [-0.05, 0) is 50.4 Å². The van der Waals surface area contributed by atoms with Gasteiger partial charge in [0.1, 0.15) is 0 Å². The molecule has 4 aromatic rings. The molecular formula is C34H38FeN2O2+2. The van der Waals surface area contributed by atoms with Gasteiger partial charge in [-0.1, -0.05) is 133 Å². The maximum atomic E-state index is 11.8. The first-order valence-corrected chi connectivity index (χ1v) is 12.6. The standard InChI is InChI=1S/2C14H12O.C6H16N2.Fe/c2*15-14(13-9-5-2-6-10-13)11-12-7-3-1-4-8-12;1-7(2)5-6-8(3)4;/h2*1-11,15H;5-6H2,1-4H3;/q;;;+4/p-2/b2*14-11-;;. The van der Waals surface area contributed by atoms with Crippen molar-refractivity contribution in [3.63, 3.8) is 0 Å². The molecule has 0 aromatic heterocycles. The summed E-state index contributed by atoms with van der Waals surface area (Å²) in [5.74, 6) is 0.0867. The van der Waals surface area contributed by atoms with Crippen molar-refractivity contribution in [2.75, 3.05) is 41.3 Å². The molecular weight excluding hydrogens is 524 g/mol. The van der Waals surface area contributed by atoms with Crippen molar-refractivity contribution in [2.24, 2.45) is 0 Å². The van der Waals surface area contributed by atoms with Crippen LogP contribution in [0, 0.1) is 0 Å². The maximum Gasteiger partial charge on any atom is 4.00 e. The molecule has 39 heavy (non-hydrogen) atoms. The molecule has 0 N–H and O–H groups in total. The maximum absolute atomic E-state index is 11.8. The normalized spacial score (nSPS) is 11.0. The second-order valence-corrected chi connectivity index (χ2v) is 9.18. The van der Waals surface area contributed by atoms with Crippen LogP contribution in [-0.2, 0) is 17.1 Å². The summed E-state index contributed by atoms with van der Waals surface area (Å²) < 4.78 is 0. The van der Waals surface area contributed by atoms with E-state index in [0.29, 0.717) is 0 Å². The Labute approximate surface area is 245 Å². The summed E-state index contributed by atoms with van der Waals surface area (Å²) in [4.78, 5) is 4.36. The Hall–Kier alpha value is -3.60. The molecule has 0 radical (unpaired) electrons. The van der Waals surface area contributed by atoms with Crippen LogP contribution in [0.2, 0.25) is 0 Å². The van der Waals surface area contributed by atoms with Gasteiger partial charge in [0.2, 0.25) is 0 Å². The van der Waals surface area contributed by atoms with E-state index in [4.69, 9.17) is 0 Å². The Morgan fingerprint density at radius 1 is 0.487 bits per heavy atom. The molecule has 0 aliphatic rings. The fourth-order valence-corrected chi connectivity index (χ4v) is 3.17. The molecule has 4 aromatic carbocycles. The molecule has 0 saturated heterocycles. The zero-order valence-electron chi connectivity index (χ0n) is 23.2. The Bertz CT molecular complexity index is 1110. The van der Waals surface area contributed by atoms with E-state index in [1.807, 2.05) is 121 Å². The first-order valence-electron chi connectivity index (χ1n) is 12.6.